The van der Waals surface area contributed by atoms with Crippen LogP contribution in [0.4, 0.5) is 0 Å². The first kappa shape index (κ1) is 17.4. The van der Waals surface area contributed by atoms with Gasteiger partial charge in [0.25, 0.3) is 0 Å². The molecule has 0 nitrogen and oxygen atoms in total. The summed E-state index contributed by atoms with van der Waals surface area (Å²) in [6.45, 7) is 0. The first-order valence-electron chi connectivity index (χ1n) is 10.3. The Morgan fingerprint density at radius 2 is 1.30 bits per heavy atom. The molecule has 0 atom stereocenters. The van der Waals surface area contributed by atoms with Crippen LogP contribution in [0, 0.1) is 0 Å². The number of hydrogen-bond acceptors (Lipinski definition) is 1. The minimum atomic E-state index is 0.943. The van der Waals surface area contributed by atoms with Crippen molar-refractivity contribution >= 4 is 42.3 Å². The molecule has 0 saturated heterocycles. The monoisotopic (exact) mass is 400 g/mol. The van der Waals surface area contributed by atoms with Crippen molar-refractivity contribution in [2.45, 2.75) is 6.42 Å². The van der Waals surface area contributed by atoms with Crippen molar-refractivity contribution in [2.24, 2.45) is 0 Å². The summed E-state index contributed by atoms with van der Waals surface area (Å²) in [5.41, 5.74) is 5.32. The zero-order valence-electron chi connectivity index (χ0n) is 16.5. The maximum atomic E-state index is 2.36. The van der Waals surface area contributed by atoms with Gasteiger partial charge in [-0.15, -0.1) is 11.3 Å². The predicted octanol–water partition coefficient (Wildman–Crippen LogP) is 8.47. The van der Waals surface area contributed by atoms with Crippen LogP contribution in [0.1, 0.15) is 11.1 Å². The van der Waals surface area contributed by atoms with E-state index in [2.05, 4.69) is 109 Å². The summed E-state index contributed by atoms with van der Waals surface area (Å²) in [5.74, 6) is 0. The van der Waals surface area contributed by atoms with Crippen LogP contribution in [-0.2, 0) is 6.42 Å². The average molecular weight is 401 g/mol. The van der Waals surface area contributed by atoms with Gasteiger partial charge >= 0.3 is 0 Å². The molecule has 0 aliphatic rings. The van der Waals surface area contributed by atoms with Gasteiger partial charge in [0.15, 0.2) is 0 Å². The highest BCUT2D eigenvalue weighted by atomic mass is 32.1. The third-order valence-corrected chi connectivity index (χ3v) is 7.00. The van der Waals surface area contributed by atoms with Gasteiger partial charge in [-0.05, 0) is 51.6 Å². The quantitative estimate of drug-likeness (QED) is 0.279. The van der Waals surface area contributed by atoms with E-state index in [0.29, 0.717) is 0 Å². The minimum absolute atomic E-state index is 0.943. The summed E-state index contributed by atoms with van der Waals surface area (Å²) in [6, 6.07) is 39.8. The lowest BCUT2D eigenvalue weighted by atomic mass is 9.95. The first-order chi connectivity index (χ1) is 14.8. The molecule has 0 aliphatic heterocycles. The zero-order valence-corrected chi connectivity index (χ0v) is 17.3. The van der Waals surface area contributed by atoms with Gasteiger partial charge in [-0.3, -0.25) is 0 Å². The van der Waals surface area contributed by atoms with Crippen molar-refractivity contribution in [1.82, 2.24) is 0 Å². The molecule has 0 bridgehead atoms. The summed E-state index contributed by atoms with van der Waals surface area (Å²) >= 11 is 1.88. The highest BCUT2D eigenvalue weighted by molar-refractivity contribution is 7.25. The molecule has 30 heavy (non-hydrogen) atoms. The molecule has 1 heterocycles. The molecule has 142 valence electrons. The molecular formula is C29H20S. The molecular weight excluding hydrogens is 380 g/mol. The molecule has 1 heteroatoms. The third kappa shape index (κ3) is 2.99. The van der Waals surface area contributed by atoms with Gasteiger partial charge in [0.05, 0.1) is 0 Å². The second kappa shape index (κ2) is 7.12. The van der Waals surface area contributed by atoms with E-state index in [1.807, 2.05) is 11.3 Å². The molecule has 5 aromatic carbocycles. The fourth-order valence-electron chi connectivity index (χ4n) is 4.45. The van der Waals surface area contributed by atoms with Crippen molar-refractivity contribution in [3.05, 3.63) is 120 Å². The fraction of sp³-hybridized carbons (Fsp3) is 0.0345. The smallest absolute Gasteiger partial charge is 0.0361 e. The Morgan fingerprint density at radius 1 is 0.533 bits per heavy atom. The molecule has 0 amide bonds. The van der Waals surface area contributed by atoms with Gasteiger partial charge < -0.3 is 0 Å². The molecule has 0 saturated carbocycles. The average Bonchev–Trinajstić information content (AvgIpc) is 3.18. The van der Waals surface area contributed by atoms with Gasteiger partial charge in [0.1, 0.15) is 0 Å². The van der Waals surface area contributed by atoms with Gasteiger partial charge in [0.2, 0.25) is 0 Å². The number of fused-ring (bicyclic) bond motifs is 4. The van der Waals surface area contributed by atoms with Gasteiger partial charge in [-0.1, -0.05) is 97.1 Å². The highest BCUT2D eigenvalue weighted by Crippen LogP contribution is 2.40. The molecule has 0 aliphatic carbocycles. The summed E-state index contributed by atoms with van der Waals surface area (Å²) in [5, 5.41) is 5.33. The lowest BCUT2D eigenvalue weighted by molar-refractivity contribution is 1.20. The van der Waals surface area contributed by atoms with Crippen LogP contribution in [-0.4, -0.2) is 0 Å². The van der Waals surface area contributed by atoms with Crippen LogP contribution < -0.4 is 0 Å². The van der Waals surface area contributed by atoms with E-state index in [0.717, 1.165) is 6.42 Å². The molecule has 0 fully saturated rings. The van der Waals surface area contributed by atoms with Gasteiger partial charge in [-0.25, -0.2) is 0 Å². The lowest BCUT2D eigenvalue weighted by Gasteiger charge is -2.09. The second-order valence-corrected chi connectivity index (χ2v) is 8.92. The number of rotatable bonds is 3. The van der Waals surface area contributed by atoms with E-state index in [1.54, 1.807) is 0 Å². The number of hydrogen-bond donors (Lipinski definition) is 0. The topological polar surface area (TPSA) is 0 Å². The normalized spacial score (nSPS) is 11.5. The summed E-state index contributed by atoms with van der Waals surface area (Å²) in [6.07, 6.45) is 0.943. The lowest BCUT2D eigenvalue weighted by Crippen LogP contribution is -1.89. The maximum absolute atomic E-state index is 2.36. The van der Waals surface area contributed by atoms with Crippen LogP contribution in [0.15, 0.2) is 109 Å². The van der Waals surface area contributed by atoms with E-state index in [9.17, 15) is 0 Å². The van der Waals surface area contributed by atoms with Crippen LogP contribution in [0.3, 0.4) is 0 Å². The third-order valence-electron chi connectivity index (χ3n) is 5.86. The highest BCUT2D eigenvalue weighted by Gasteiger charge is 2.11. The molecule has 6 aromatic rings. The van der Waals surface area contributed by atoms with Gasteiger partial charge in [0, 0.05) is 20.2 Å². The standard InChI is InChI=1S/C29H20S/c1-2-9-23-18-21(15-16-22(23)8-1)17-20-7-5-10-24(19-20)25-12-6-14-28-29(25)26-11-3-4-13-27(26)30-28/h1-16,18-19H,17H2. The molecule has 1 aromatic heterocycles. The van der Waals surface area contributed by atoms with E-state index < -0.39 is 0 Å². The van der Waals surface area contributed by atoms with Crippen molar-refractivity contribution in [2.75, 3.05) is 0 Å². The Bertz CT molecular complexity index is 1520. The molecule has 0 N–H and O–H groups in total. The van der Waals surface area contributed by atoms with Crippen LogP contribution in [0.25, 0.3) is 42.1 Å². The summed E-state index contributed by atoms with van der Waals surface area (Å²) < 4.78 is 2.71. The Labute approximate surface area is 180 Å². The van der Waals surface area contributed by atoms with Gasteiger partial charge in [-0.2, -0.15) is 0 Å². The Balaban J connectivity index is 1.44. The first-order valence-corrected chi connectivity index (χ1v) is 11.1. The van der Waals surface area contributed by atoms with Crippen molar-refractivity contribution in [3.8, 4) is 11.1 Å². The van der Waals surface area contributed by atoms with Crippen LogP contribution in [0.5, 0.6) is 0 Å². The van der Waals surface area contributed by atoms with Crippen LogP contribution >= 0.6 is 11.3 Å². The summed E-state index contributed by atoms with van der Waals surface area (Å²) in [7, 11) is 0. The Hall–Kier alpha value is -3.42. The second-order valence-electron chi connectivity index (χ2n) is 7.84. The molecule has 6 rings (SSSR count). The Kier molecular flexibility index (Phi) is 4.14. The zero-order chi connectivity index (χ0) is 19.9. The minimum Gasteiger partial charge on any atom is -0.135 e. The SMILES string of the molecule is c1cc(Cc2ccc3ccccc3c2)cc(-c2cccc3sc4ccccc4c23)c1. The number of thiophene rings is 1. The van der Waals surface area contributed by atoms with Crippen molar-refractivity contribution in [1.29, 1.82) is 0 Å². The maximum Gasteiger partial charge on any atom is 0.0361 e. The van der Waals surface area contributed by atoms with E-state index >= 15 is 0 Å². The van der Waals surface area contributed by atoms with Crippen molar-refractivity contribution < 1.29 is 0 Å². The Morgan fingerprint density at radius 3 is 2.27 bits per heavy atom. The van der Waals surface area contributed by atoms with Crippen LogP contribution in [0.2, 0.25) is 0 Å². The summed E-state index contributed by atoms with van der Waals surface area (Å²) in [4.78, 5) is 0. The fourth-order valence-corrected chi connectivity index (χ4v) is 5.58. The molecule has 0 spiro atoms. The molecule has 0 radical (unpaired) electrons. The van der Waals surface area contributed by atoms with E-state index in [1.165, 1.54) is 53.2 Å². The van der Waals surface area contributed by atoms with E-state index in [4.69, 9.17) is 0 Å². The largest absolute Gasteiger partial charge is 0.135 e. The predicted molar refractivity (Wildman–Crippen MR) is 132 cm³/mol. The molecule has 0 unspecified atom stereocenters. The number of benzene rings is 5. The van der Waals surface area contributed by atoms with E-state index in [-0.39, 0.29) is 0 Å². The van der Waals surface area contributed by atoms with Crippen molar-refractivity contribution in [3.63, 3.8) is 0 Å².